The topological polar surface area (TPSA) is 24.9 Å². The Balaban J connectivity index is 2.31. The minimum atomic E-state index is -0.181. The monoisotopic (exact) mass is 248 g/mol. The van der Waals surface area contributed by atoms with E-state index in [9.17, 15) is 4.39 Å². The fraction of sp³-hybridized carbons (Fsp3) is 0.154. The molecule has 0 aliphatic heterocycles. The zero-order valence-corrected chi connectivity index (χ0v) is 10.3. The van der Waals surface area contributed by atoms with Crippen LogP contribution in [0.15, 0.2) is 52.5 Å². The molecule has 2 rings (SSSR count). The second kappa shape index (κ2) is 5.80. The smallest absolute Gasteiger partial charge is 0.137 e. The first-order valence-electron chi connectivity index (χ1n) is 5.31. The molecule has 0 radical (unpaired) electrons. The Hall–Kier alpha value is -1.39. The van der Waals surface area contributed by atoms with Gasteiger partial charge in [-0.2, -0.15) is 0 Å². The number of halogens is 1. The maximum Gasteiger partial charge on any atom is 0.137 e. The van der Waals surface area contributed by atoms with Crippen LogP contribution in [0.5, 0.6) is 0 Å². The number of nitrogens with zero attached hydrogens (tertiary/aromatic N) is 1. The van der Waals surface area contributed by atoms with Crippen molar-refractivity contribution >= 4 is 11.8 Å². The van der Waals surface area contributed by atoms with Gasteiger partial charge in [0, 0.05) is 23.8 Å². The lowest BCUT2D eigenvalue weighted by molar-refractivity contribution is 0.594. The van der Waals surface area contributed by atoms with E-state index in [-0.39, 0.29) is 5.82 Å². The van der Waals surface area contributed by atoms with Gasteiger partial charge in [0.2, 0.25) is 0 Å². The van der Waals surface area contributed by atoms with Gasteiger partial charge in [-0.05, 0) is 30.8 Å². The molecule has 2 aromatic rings. The zero-order chi connectivity index (χ0) is 12.1. The third-order valence-corrected chi connectivity index (χ3v) is 3.45. The Labute approximate surface area is 104 Å². The second-order valence-electron chi connectivity index (χ2n) is 3.54. The van der Waals surface area contributed by atoms with Crippen LogP contribution in [0.25, 0.3) is 0 Å². The van der Waals surface area contributed by atoms with Crippen molar-refractivity contribution in [2.75, 3.05) is 7.05 Å². The number of benzene rings is 1. The third-order valence-electron chi connectivity index (χ3n) is 2.29. The minimum Gasteiger partial charge on any atom is -0.316 e. The second-order valence-corrected chi connectivity index (χ2v) is 4.63. The summed E-state index contributed by atoms with van der Waals surface area (Å²) >= 11 is 1.43. The summed E-state index contributed by atoms with van der Waals surface area (Å²) in [7, 11) is 1.85. The van der Waals surface area contributed by atoms with Crippen molar-refractivity contribution in [1.82, 2.24) is 10.3 Å². The van der Waals surface area contributed by atoms with Crippen molar-refractivity contribution in [1.29, 1.82) is 0 Å². The molecule has 2 nitrogen and oxygen atoms in total. The first-order chi connectivity index (χ1) is 8.31. The van der Waals surface area contributed by atoms with Crippen LogP contribution >= 0.6 is 11.8 Å². The van der Waals surface area contributed by atoms with E-state index < -0.39 is 0 Å². The van der Waals surface area contributed by atoms with Gasteiger partial charge in [0.25, 0.3) is 0 Å². The fourth-order valence-corrected chi connectivity index (χ4v) is 2.45. The van der Waals surface area contributed by atoms with E-state index in [1.54, 1.807) is 18.5 Å². The van der Waals surface area contributed by atoms with E-state index in [0.29, 0.717) is 11.4 Å². The highest BCUT2D eigenvalue weighted by Gasteiger charge is 2.09. The van der Waals surface area contributed by atoms with Gasteiger partial charge in [0.15, 0.2) is 0 Å². The molecular formula is C13H13FN2S. The predicted molar refractivity (Wildman–Crippen MR) is 67.5 cm³/mol. The van der Waals surface area contributed by atoms with Crippen LogP contribution in [0.3, 0.4) is 0 Å². The molecule has 0 amide bonds. The Morgan fingerprint density at radius 3 is 2.71 bits per heavy atom. The van der Waals surface area contributed by atoms with Gasteiger partial charge in [-0.25, -0.2) is 4.39 Å². The van der Waals surface area contributed by atoms with Gasteiger partial charge in [0.05, 0.1) is 4.90 Å². The van der Waals surface area contributed by atoms with Gasteiger partial charge < -0.3 is 5.32 Å². The van der Waals surface area contributed by atoms with Crippen LogP contribution in [0.1, 0.15) is 5.56 Å². The first kappa shape index (κ1) is 12.1. The molecule has 17 heavy (non-hydrogen) atoms. The molecule has 1 heterocycles. The molecule has 0 atom stereocenters. The van der Waals surface area contributed by atoms with Crippen LogP contribution in [0.2, 0.25) is 0 Å². The van der Waals surface area contributed by atoms with Crippen molar-refractivity contribution in [3.8, 4) is 0 Å². The highest BCUT2D eigenvalue weighted by molar-refractivity contribution is 7.99. The molecule has 1 aromatic heterocycles. The van der Waals surface area contributed by atoms with E-state index in [4.69, 9.17) is 0 Å². The Morgan fingerprint density at radius 2 is 2.00 bits per heavy atom. The summed E-state index contributed by atoms with van der Waals surface area (Å²) in [5, 5.41) is 3.05. The lowest BCUT2D eigenvalue weighted by atomic mass is 10.2. The molecule has 1 N–H and O–H groups in total. The number of rotatable bonds is 4. The Bertz CT molecular complexity index is 488. The number of pyridine rings is 1. The summed E-state index contributed by atoms with van der Waals surface area (Å²) in [6.45, 7) is 0.658. The maximum atomic E-state index is 13.8. The van der Waals surface area contributed by atoms with Crippen LogP contribution in [0, 0.1) is 5.82 Å². The lowest BCUT2D eigenvalue weighted by Gasteiger charge is -2.09. The van der Waals surface area contributed by atoms with E-state index >= 15 is 0 Å². The number of hydrogen-bond acceptors (Lipinski definition) is 3. The fourth-order valence-electron chi connectivity index (χ4n) is 1.52. The lowest BCUT2D eigenvalue weighted by Crippen LogP contribution is -2.06. The first-order valence-corrected chi connectivity index (χ1v) is 6.13. The normalized spacial score (nSPS) is 10.5. The zero-order valence-electron chi connectivity index (χ0n) is 9.48. The van der Waals surface area contributed by atoms with Crippen molar-refractivity contribution in [2.24, 2.45) is 0 Å². The Kier molecular flexibility index (Phi) is 4.12. The van der Waals surface area contributed by atoms with Crippen LogP contribution in [-0.2, 0) is 6.54 Å². The summed E-state index contributed by atoms with van der Waals surface area (Å²) in [6.07, 6.45) is 3.42. The van der Waals surface area contributed by atoms with E-state index in [1.807, 2.05) is 25.2 Å². The van der Waals surface area contributed by atoms with Crippen molar-refractivity contribution < 1.29 is 4.39 Å². The number of hydrogen-bond donors (Lipinski definition) is 1. The summed E-state index contributed by atoms with van der Waals surface area (Å²) in [5.41, 5.74) is 0.967. The largest absolute Gasteiger partial charge is 0.316 e. The van der Waals surface area contributed by atoms with Gasteiger partial charge in [0.1, 0.15) is 5.82 Å². The van der Waals surface area contributed by atoms with Crippen LogP contribution < -0.4 is 5.32 Å². The van der Waals surface area contributed by atoms with Crippen molar-refractivity contribution in [3.63, 3.8) is 0 Å². The molecule has 0 bridgehead atoms. The summed E-state index contributed by atoms with van der Waals surface area (Å²) in [4.78, 5) is 5.61. The van der Waals surface area contributed by atoms with E-state index in [0.717, 1.165) is 10.5 Å². The molecular weight excluding hydrogens is 235 g/mol. The van der Waals surface area contributed by atoms with E-state index in [1.165, 1.54) is 17.8 Å². The molecule has 0 fully saturated rings. The highest BCUT2D eigenvalue weighted by atomic mass is 32.2. The molecule has 1 aromatic carbocycles. The minimum absolute atomic E-state index is 0.181. The SMILES string of the molecule is CNCc1cccc(F)c1Sc1ccncc1. The highest BCUT2D eigenvalue weighted by Crippen LogP contribution is 2.32. The molecule has 0 saturated carbocycles. The van der Waals surface area contributed by atoms with Crippen LogP contribution in [0.4, 0.5) is 4.39 Å². The van der Waals surface area contributed by atoms with Gasteiger partial charge >= 0.3 is 0 Å². The molecule has 0 aliphatic rings. The number of aromatic nitrogens is 1. The molecule has 0 unspecified atom stereocenters. The van der Waals surface area contributed by atoms with Crippen molar-refractivity contribution in [2.45, 2.75) is 16.3 Å². The van der Waals surface area contributed by atoms with Gasteiger partial charge in [-0.1, -0.05) is 23.9 Å². The predicted octanol–water partition coefficient (Wildman–Crippen LogP) is 3.09. The molecule has 4 heteroatoms. The quantitative estimate of drug-likeness (QED) is 0.900. The summed E-state index contributed by atoms with van der Waals surface area (Å²) in [5.74, 6) is -0.181. The maximum absolute atomic E-state index is 13.8. The van der Waals surface area contributed by atoms with Gasteiger partial charge in [-0.15, -0.1) is 0 Å². The van der Waals surface area contributed by atoms with Crippen LogP contribution in [-0.4, -0.2) is 12.0 Å². The molecule has 0 saturated heterocycles. The number of nitrogens with one attached hydrogen (secondary N) is 1. The molecule has 0 aliphatic carbocycles. The van der Waals surface area contributed by atoms with E-state index in [2.05, 4.69) is 10.3 Å². The molecule has 0 spiro atoms. The average Bonchev–Trinajstić information content (AvgIpc) is 2.35. The summed E-state index contributed by atoms with van der Waals surface area (Å²) in [6, 6.07) is 8.91. The summed E-state index contributed by atoms with van der Waals surface area (Å²) < 4.78 is 13.8. The molecule has 88 valence electrons. The van der Waals surface area contributed by atoms with Gasteiger partial charge in [-0.3, -0.25) is 4.98 Å². The average molecular weight is 248 g/mol. The Morgan fingerprint density at radius 1 is 1.24 bits per heavy atom. The standard InChI is InChI=1S/C13H13FN2S/c1-15-9-10-3-2-4-12(14)13(10)17-11-5-7-16-8-6-11/h2-8,15H,9H2,1H3. The third kappa shape index (κ3) is 3.05. The van der Waals surface area contributed by atoms with Crippen molar-refractivity contribution in [3.05, 3.63) is 54.1 Å².